The van der Waals surface area contributed by atoms with Crippen molar-refractivity contribution in [2.75, 3.05) is 13.7 Å². The Morgan fingerprint density at radius 2 is 1.88 bits per heavy atom. The number of nitrogens with two attached hydrogens (primary N) is 1. The van der Waals surface area contributed by atoms with Crippen LogP contribution < -0.4 is 10.5 Å². The molecule has 0 radical (unpaired) electrons. The molecule has 2 N–H and O–H groups in total. The van der Waals surface area contributed by atoms with Crippen LogP contribution in [0.5, 0.6) is 5.75 Å². The highest BCUT2D eigenvalue weighted by Crippen LogP contribution is 2.35. The first-order valence-corrected chi connectivity index (χ1v) is 7.00. The molecule has 0 amide bonds. The standard InChI is InChI=1S/C12H17Br2NO2/c1-8(3-4-16-2)17-12-10(13)5-9(7-15)6-11(12)14/h5-6,8H,3-4,7,15H2,1-2H3. The van der Waals surface area contributed by atoms with Gasteiger partial charge in [0.2, 0.25) is 0 Å². The first kappa shape index (κ1) is 15.0. The van der Waals surface area contributed by atoms with Gasteiger partial charge in [-0.05, 0) is 56.5 Å². The molecule has 1 atom stereocenters. The maximum absolute atomic E-state index is 5.86. The molecule has 0 heterocycles. The lowest BCUT2D eigenvalue weighted by Gasteiger charge is -2.17. The van der Waals surface area contributed by atoms with E-state index >= 15 is 0 Å². The number of hydrogen-bond acceptors (Lipinski definition) is 3. The van der Waals surface area contributed by atoms with Crippen molar-refractivity contribution in [3.63, 3.8) is 0 Å². The van der Waals surface area contributed by atoms with Crippen molar-refractivity contribution < 1.29 is 9.47 Å². The highest BCUT2D eigenvalue weighted by Gasteiger charge is 2.12. The zero-order chi connectivity index (χ0) is 12.8. The van der Waals surface area contributed by atoms with Crippen LogP contribution in [0.15, 0.2) is 21.1 Å². The molecule has 17 heavy (non-hydrogen) atoms. The molecule has 0 fully saturated rings. The summed E-state index contributed by atoms with van der Waals surface area (Å²) < 4.78 is 12.7. The Balaban J connectivity index is 2.77. The summed E-state index contributed by atoms with van der Waals surface area (Å²) >= 11 is 6.99. The second-order valence-electron chi connectivity index (χ2n) is 3.80. The highest BCUT2D eigenvalue weighted by molar-refractivity contribution is 9.11. The van der Waals surface area contributed by atoms with E-state index in [-0.39, 0.29) is 6.10 Å². The molecule has 5 heteroatoms. The fourth-order valence-corrected chi connectivity index (χ4v) is 2.85. The van der Waals surface area contributed by atoms with Crippen molar-refractivity contribution in [3.8, 4) is 5.75 Å². The quantitative estimate of drug-likeness (QED) is 0.838. The van der Waals surface area contributed by atoms with Gasteiger partial charge in [-0.2, -0.15) is 0 Å². The molecule has 0 aromatic heterocycles. The van der Waals surface area contributed by atoms with Crippen LogP contribution in [0.3, 0.4) is 0 Å². The van der Waals surface area contributed by atoms with Crippen molar-refractivity contribution >= 4 is 31.9 Å². The lowest BCUT2D eigenvalue weighted by molar-refractivity contribution is 0.134. The summed E-state index contributed by atoms with van der Waals surface area (Å²) in [5.74, 6) is 0.811. The zero-order valence-corrected chi connectivity index (χ0v) is 13.2. The molecule has 96 valence electrons. The summed E-state index contributed by atoms with van der Waals surface area (Å²) in [5, 5.41) is 0. The zero-order valence-electron chi connectivity index (χ0n) is 10.0. The summed E-state index contributed by atoms with van der Waals surface area (Å²) in [6.45, 7) is 3.22. The molecular formula is C12H17Br2NO2. The van der Waals surface area contributed by atoms with Crippen LogP contribution in [0.2, 0.25) is 0 Å². The average Bonchev–Trinajstić information content (AvgIpc) is 2.30. The Bertz CT molecular complexity index is 349. The minimum absolute atomic E-state index is 0.103. The average molecular weight is 367 g/mol. The molecule has 3 nitrogen and oxygen atoms in total. The van der Waals surface area contributed by atoms with E-state index in [4.69, 9.17) is 15.2 Å². The maximum atomic E-state index is 5.86. The van der Waals surface area contributed by atoms with Gasteiger partial charge in [-0.25, -0.2) is 0 Å². The number of methoxy groups -OCH3 is 1. The van der Waals surface area contributed by atoms with Crippen LogP contribution in [0.1, 0.15) is 18.9 Å². The molecule has 1 aromatic rings. The third kappa shape index (κ3) is 4.58. The molecule has 0 saturated heterocycles. The van der Waals surface area contributed by atoms with Crippen LogP contribution in [-0.4, -0.2) is 19.8 Å². The van der Waals surface area contributed by atoms with Gasteiger partial charge in [0.05, 0.1) is 15.0 Å². The van der Waals surface area contributed by atoms with Gasteiger partial charge < -0.3 is 15.2 Å². The summed E-state index contributed by atoms with van der Waals surface area (Å²) in [6.07, 6.45) is 0.958. The van der Waals surface area contributed by atoms with E-state index in [1.807, 2.05) is 19.1 Å². The molecule has 1 aromatic carbocycles. The smallest absolute Gasteiger partial charge is 0.148 e. The van der Waals surface area contributed by atoms with Crippen molar-refractivity contribution in [3.05, 3.63) is 26.6 Å². The van der Waals surface area contributed by atoms with E-state index in [2.05, 4.69) is 31.9 Å². The number of benzene rings is 1. The number of hydrogen-bond donors (Lipinski definition) is 1. The van der Waals surface area contributed by atoms with Gasteiger partial charge in [-0.1, -0.05) is 0 Å². The van der Waals surface area contributed by atoms with E-state index in [0.29, 0.717) is 13.2 Å². The lowest BCUT2D eigenvalue weighted by Crippen LogP contribution is -2.15. The van der Waals surface area contributed by atoms with Crippen LogP contribution >= 0.6 is 31.9 Å². The van der Waals surface area contributed by atoms with Gasteiger partial charge in [-0.3, -0.25) is 0 Å². The summed E-state index contributed by atoms with van der Waals surface area (Å²) in [6, 6.07) is 3.95. The van der Waals surface area contributed by atoms with Gasteiger partial charge in [0.25, 0.3) is 0 Å². The van der Waals surface area contributed by atoms with Gasteiger partial charge in [0.15, 0.2) is 0 Å². The van der Waals surface area contributed by atoms with Crippen LogP contribution in [0.25, 0.3) is 0 Å². The fourth-order valence-electron chi connectivity index (χ4n) is 1.39. The second kappa shape index (κ2) is 7.36. The van der Waals surface area contributed by atoms with E-state index in [0.717, 1.165) is 26.7 Å². The Kier molecular flexibility index (Phi) is 6.48. The third-order valence-corrected chi connectivity index (χ3v) is 3.52. The lowest BCUT2D eigenvalue weighted by atomic mass is 10.2. The normalized spacial score (nSPS) is 12.5. The fraction of sp³-hybridized carbons (Fsp3) is 0.500. The predicted molar refractivity (Wildman–Crippen MR) is 76.3 cm³/mol. The third-order valence-electron chi connectivity index (χ3n) is 2.34. The molecule has 0 aliphatic heterocycles. The van der Waals surface area contributed by atoms with Gasteiger partial charge in [0.1, 0.15) is 5.75 Å². The van der Waals surface area contributed by atoms with Crippen LogP contribution in [0.4, 0.5) is 0 Å². The van der Waals surface area contributed by atoms with E-state index in [9.17, 15) is 0 Å². The number of halogens is 2. The van der Waals surface area contributed by atoms with E-state index in [1.165, 1.54) is 0 Å². The Morgan fingerprint density at radius 3 is 2.35 bits per heavy atom. The Labute approximate surface area is 119 Å². The molecular weight excluding hydrogens is 350 g/mol. The summed E-state index contributed by atoms with van der Waals surface area (Å²) in [7, 11) is 1.69. The molecule has 0 spiro atoms. The molecule has 0 saturated carbocycles. The minimum atomic E-state index is 0.103. The van der Waals surface area contributed by atoms with E-state index < -0.39 is 0 Å². The first-order chi connectivity index (χ1) is 8.08. The predicted octanol–water partition coefficient (Wildman–Crippen LogP) is 3.47. The summed E-state index contributed by atoms with van der Waals surface area (Å²) in [4.78, 5) is 0. The topological polar surface area (TPSA) is 44.5 Å². The molecule has 0 aliphatic rings. The molecule has 0 bridgehead atoms. The molecule has 0 aliphatic carbocycles. The van der Waals surface area contributed by atoms with Crippen molar-refractivity contribution in [1.82, 2.24) is 0 Å². The molecule has 1 rings (SSSR count). The SMILES string of the molecule is COCCC(C)Oc1c(Br)cc(CN)cc1Br. The summed E-state index contributed by atoms with van der Waals surface area (Å²) in [5.41, 5.74) is 6.66. The minimum Gasteiger partial charge on any atom is -0.488 e. The van der Waals surface area contributed by atoms with Crippen molar-refractivity contribution in [2.24, 2.45) is 5.73 Å². The van der Waals surface area contributed by atoms with E-state index in [1.54, 1.807) is 7.11 Å². The monoisotopic (exact) mass is 365 g/mol. The number of ether oxygens (including phenoxy) is 2. The second-order valence-corrected chi connectivity index (χ2v) is 5.51. The van der Waals surface area contributed by atoms with Gasteiger partial charge in [0, 0.05) is 26.7 Å². The Hall–Kier alpha value is -0.100. The largest absolute Gasteiger partial charge is 0.488 e. The maximum Gasteiger partial charge on any atom is 0.148 e. The van der Waals surface area contributed by atoms with Crippen LogP contribution in [0, 0.1) is 0 Å². The van der Waals surface area contributed by atoms with Gasteiger partial charge in [-0.15, -0.1) is 0 Å². The Morgan fingerprint density at radius 1 is 1.29 bits per heavy atom. The molecule has 1 unspecified atom stereocenters. The van der Waals surface area contributed by atoms with Crippen molar-refractivity contribution in [1.29, 1.82) is 0 Å². The number of rotatable bonds is 6. The van der Waals surface area contributed by atoms with Crippen molar-refractivity contribution in [2.45, 2.75) is 26.0 Å². The highest BCUT2D eigenvalue weighted by atomic mass is 79.9. The van der Waals surface area contributed by atoms with Crippen LogP contribution in [-0.2, 0) is 11.3 Å². The van der Waals surface area contributed by atoms with Gasteiger partial charge >= 0.3 is 0 Å². The first-order valence-electron chi connectivity index (χ1n) is 5.42.